The molecule has 136 valence electrons. The van der Waals surface area contributed by atoms with Crippen molar-refractivity contribution in [3.05, 3.63) is 58.1 Å². The van der Waals surface area contributed by atoms with Crippen molar-refractivity contribution in [3.8, 4) is 0 Å². The monoisotopic (exact) mass is 409 g/mol. The van der Waals surface area contributed by atoms with E-state index < -0.39 is 5.97 Å². The largest absolute Gasteiger partial charge is 0.452 e. The van der Waals surface area contributed by atoms with Crippen molar-refractivity contribution in [1.29, 1.82) is 0 Å². The lowest BCUT2D eigenvalue weighted by Crippen LogP contribution is -2.35. The van der Waals surface area contributed by atoms with Gasteiger partial charge in [0.1, 0.15) is 0 Å². The average Bonchev–Trinajstić information content (AvgIpc) is 2.79. The second-order valence-electron chi connectivity index (χ2n) is 5.93. The van der Waals surface area contributed by atoms with Crippen molar-refractivity contribution in [1.82, 2.24) is 0 Å². The molecule has 3 rings (SSSR count). The number of hydrogen-bond acceptors (Lipinski definition) is 4. The summed E-state index contributed by atoms with van der Waals surface area (Å²) in [6.45, 7) is 2.37. The Bertz CT molecular complexity index is 843. The van der Waals surface area contributed by atoms with Crippen LogP contribution in [0.15, 0.2) is 47.4 Å². The molecule has 0 fully saturated rings. The van der Waals surface area contributed by atoms with Gasteiger partial charge in [-0.1, -0.05) is 42.3 Å². The molecule has 1 aliphatic heterocycles. The van der Waals surface area contributed by atoms with Gasteiger partial charge in [0.2, 0.25) is 0 Å². The number of ether oxygens (including phenoxy) is 1. The number of hydrogen-bond donors (Lipinski definition) is 0. The number of carbonyl (C=O) groups is 2. The first-order chi connectivity index (χ1) is 12.5. The summed E-state index contributed by atoms with van der Waals surface area (Å²) in [6, 6.07) is 12.3. The predicted octanol–water partition coefficient (Wildman–Crippen LogP) is 5.07. The van der Waals surface area contributed by atoms with Gasteiger partial charge in [-0.05, 0) is 36.8 Å². The topological polar surface area (TPSA) is 46.6 Å². The minimum atomic E-state index is -0.670. The van der Waals surface area contributed by atoms with Gasteiger partial charge in [-0.3, -0.25) is 4.79 Å². The highest BCUT2D eigenvalue weighted by atomic mass is 35.5. The number of carbonyl (C=O) groups excluding carboxylic acids is 2. The Morgan fingerprint density at radius 2 is 2.00 bits per heavy atom. The molecule has 0 saturated carbocycles. The Hall–Kier alpha value is -1.69. The van der Waals surface area contributed by atoms with E-state index in [0.29, 0.717) is 16.8 Å². The summed E-state index contributed by atoms with van der Waals surface area (Å²) in [7, 11) is 0. The molecule has 0 bridgehead atoms. The molecule has 1 amide bonds. The van der Waals surface area contributed by atoms with Crippen molar-refractivity contribution in [2.24, 2.45) is 0 Å². The molecule has 1 aliphatic rings. The van der Waals surface area contributed by atoms with Gasteiger partial charge in [0, 0.05) is 21.7 Å². The number of para-hydroxylation sites is 1. The Balaban J connectivity index is 1.72. The Morgan fingerprint density at radius 1 is 1.23 bits per heavy atom. The van der Waals surface area contributed by atoms with E-state index in [1.807, 2.05) is 24.3 Å². The molecule has 0 aromatic heterocycles. The lowest BCUT2D eigenvalue weighted by molar-refractivity contribution is -0.121. The van der Waals surface area contributed by atoms with Gasteiger partial charge < -0.3 is 9.64 Å². The van der Waals surface area contributed by atoms with Crippen molar-refractivity contribution in [3.63, 3.8) is 0 Å². The second kappa shape index (κ2) is 8.33. The Morgan fingerprint density at radius 3 is 2.81 bits per heavy atom. The van der Waals surface area contributed by atoms with Crippen LogP contribution in [-0.4, -0.2) is 30.3 Å². The van der Waals surface area contributed by atoms with E-state index in [4.69, 9.17) is 27.9 Å². The van der Waals surface area contributed by atoms with Crippen molar-refractivity contribution >= 4 is 52.5 Å². The van der Waals surface area contributed by atoms with E-state index in [1.54, 1.807) is 22.7 Å². The molecule has 1 heterocycles. The third-order valence-corrected chi connectivity index (χ3v) is 5.82. The summed E-state index contributed by atoms with van der Waals surface area (Å²) in [5, 5.41) is 1.01. The maximum absolute atomic E-state index is 12.7. The number of nitrogens with zero attached hydrogens (tertiary/aromatic N) is 1. The van der Waals surface area contributed by atoms with Gasteiger partial charge in [0.15, 0.2) is 6.61 Å². The van der Waals surface area contributed by atoms with Crippen LogP contribution in [0.3, 0.4) is 0 Å². The van der Waals surface area contributed by atoms with Gasteiger partial charge in [0.25, 0.3) is 5.91 Å². The zero-order chi connectivity index (χ0) is 18.7. The quantitative estimate of drug-likeness (QED) is 0.663. The first-order valence-electron chi connectivity index (χ1n) is 8.14. The number of amides is 1. The van der Waals surface area contributed by atoms with Crippen LogP contribution in [0.25, 0.3) is 0 Å². The van der Waals surface area contributed by atoms with Crippen molar-refractivity contribution in [2.75, 3.05) is 18.1 Å². The summed E-state index contributed by atoms with van der Waals surface area (Å²) in [5.74, 6) is -0.935. The van der Waals surface area contributed by atoms with Crippen LogP contribution in [0, 0.1) is 0 Å². The van der Waals surface area contributed by atoms with Crippen LogP contribution in [0.5, 0.6) is 0 Å². The molecular formula is C19H17Cl2NO3S. The fourth-order valence-corrected chi connectivity index (χ4v) is 4.16. The Labute approximate surface area is 166 Å². The smallest absolute Gasteiger partial charge is 0.340 e. The average molecular weight is 410 g/mol. The minimum Gasteiger partial charge on any atom is -0.452 e. The van der Waals surface area contributed by atoms with E-state index in [0.717, 1.165) is 17.0 Å². The maximum atomic E-state index is 12.7. The fourth-order valence-electron chi connectivity index (χ4n) is 2.68. The lowest BCUT2D eigenvalue weighted by atomic mass is 10.2. The number of fused-ring (bicyclic) bond motifs is 1. The minimum absolute atomic E-state index is 0.146. The number of rotatable bonds is 3. The molecule has 26 heavy (non-hydrogen) atoms. The van der Waals surface area contributed by atoms with Gasteiger partial charge in [-0.25, -0.2) is 4.79 Å². The van der Waals surface area contributed by atoms with Crippen LogP contribution in [0.1, 0.15) is 23.7 Å². The molecule has 0 spiro atoms. The lowest BCUT2D eigenvalue weighted by Gasteiger charge is -2.22. The third kappa shape index (κ3) is 4.34. The molecule has 0 unspecified atom stereocenters. The number of benzene rings is 2. The van der Waals surface area contributed by atoms with Crippen molar-refractivity contribution < 1.29 is 14.3 Å². The molecule has 2 aromatic rings. The molecule has 7 heteroatoms. The van der Waals surface area contributed by atoms with E-state index in [-0.39, 0.29) is 23.1 Å². The van der Waals surface area contributed by atoms with E-state index >= 15 is 0 Å². The van der Waals surface area contributed by atoms with Gasteiger partial charge >= 0.3 is 5.97 Å². The standard InChI is InChI=1S/C19H17Cl2NO3S/c1-12-8-9-22(16-4-2-3-5-17(16)26-12)18(23)11-25-19(24)14-10-13(20)6-7-15(14)21/h2-7,10,12H,8-9,11H2,1H3/t12-/m0/s1. The van der Waals surface area contributed by atoms with Gasteiger partial charge in [0.05, 0.1) is 16.3 Å². The summed E-state index contributed by atoms with van der Waals surface area (Å²) < 4.78 is 5.18. The second-order valence-corrected chi connectivity index (χ2v) is 8.25. The SMILES string of the molecule is C[C@H]1CCN(C(=O)COC(=O)c2cc(Cl)ccc2Cl)c2ccccc2S1. The van der Waals surface area contributed by atoms with Crippen molar-refractivity contribution in [2.45, 2.75) is 23.5 Å². The first-order valence-corrected chi connectivity index (χ1v) is 9.77. The summed E-state index contributed by atoms with van der Waals surface area (Å²) >= 11 is 13.6. The number of halogens is 2. The van der Waals surface area contributed by atoms with Crippen LogP contribution < -0.4 is 4.90 Å². The highest BCUT2D eigenvalue weighted by molar-refractivity contribution is 8.00. The fraction of sp³-hybridized carbons (Fsp3) is 0.263. The molecule has 2 aromatic carbocycles. The zero-order valence-corrected chi connectivity index (χ0v) is 16.4. The highest BCUT2D eigenvalue weighted by Gasteiger charge is 2.25. The Kier molecular flexibility index (Phi) is 6.12. The van der Waals surface area contributed by atoms with E-state index in [1.165, 1.54) is 12.1 Å². The zero-order valence-electron chi connectivity index (χ0n) is 14.1. The van der Waals surface area contributed by atoms with Gasteiger partial charge in [-0.2, -0.15) is 0 Å². The third-order valence-electron chi connectivity index (χ3n) is 4.02. The molecule has 0 radical (unpaired) electrons. The van der Waals surface area contributed by atoms with Crippen LogP contribution in [0.4, 0.5) is 5.69 Å². The summed E-state index contributed by atoms with van der Waals surface area (Å²) in [5.41, 5.74) is 0.996. The van der Waals surface area contributed by atoms with E-state index in [9.17, 15) is 9.59 Å². The van der Waals surface area contributed by atoms with Gasteiger partial charge in [-0.15, -0.1) is 11.8 Å². The van der Waals surface area contributed by atoms with Crippen LogP contribution in [0.2, 0.25) is 10.0 Å². The summed E-state index contributed by atoms with van der Waals surface area (Å²) in [4.78, 5) is 27.6. The molecule has 4 nitrogen and oxygen atoms in total. The number of thioether (sulfide) groups is 1. The molecular weight excluding hydrogens is 393 g/mol. The predicted molar refractivity (Wildman–Crippen MR) is 105 cm³/mol. The normalized spacial score (nSPS) is 16.6. The highest BCUT2D eigenvalue weighted by Crippen LogP contribution is 2.37. The first kappa shape index (κ1) is 19.1. The van der Waals surface area contributed by atoms with E-state index in [2.05, 4.69) is 6.92 Å². The molecule has 0 aliphatic carbocycles. The van der Waals surface area contributed by atoms with Crippen LogP contribution in [-0.2, 0) is 9.53 Å². The van der Waals surface area contributed by atoms with Crippen LogP contribution >= 0.6 is 35.0 Å². The molecule has 0 N–H and O–H groups in total. The number of esters is 1. The number of anilines is 1. The molecule has 1 atom stereocenters. The summed E-state index contributed by atoms with van der Waals surface area (Å²) in [6.07, 6.45) is 0.860. The molecule has 0 saturated heterocycles. The maximum Gasteiger partial charge on any atom is 0.340 e.